The van der Waals surface area contributed by atoms with Gasteiger partial charge >= 0.3 is 35.9 Å². The summed E-state index contributed by atoms with van der Waals surface area (Å²) in [5, 5.41) is 19.0. The molecule has 6 aliphatic heterocycles. The lowest BCUT2D eigenvalue weighted by atomic mass is 9.89. The van der Waals surface area contributed by atoms with Crippen LogP contribution >= 0.6 is 0 Å². The zero-order valence-corrected chi connectivity index (χ0v) is 79.7. The number of esters is 4. The van der Waals surface area contributed by atoms with Gasteiger partial charge in [0.15, 0.2) is 26.9 Å². The van der Waals surface area contributed by atoms with Crippen LogP contribution in [0.15, 0.2) is 107 Å². The molecule has 6 saturated heterocycles. The highest BCUT2D eigenvalue weighted by atomic mass is 16.6. The molecule has 2 atom stereocenters. The fraction of sp³-hybridized carbons (Fsp3) is 0.600. The normalized spacial score (nSPS) is 18.0. The number of carbonyl (C=O) groups is 8. The summed E-state index contributed by atoms with van der Waals surface area (Å²) in [6.07, 6.45) is 13.5. The summed E-state index contributed by atoms with van der Waals surface area (Å²) in [5.41, 5.74) is 4.96. The van der Waals surface area contributed by atoms with Crippen LogP contribution in [-0.2, 0) is 87.5 Å². The first-order valence-electron chi connectivity index (χ1n) is 47.4. The maximum atomic E-state index is 14.6. The number of urea groups is 2. The van der Waals surface area contributed by atoms with Gasteiger partial charge in [-0.15, -0.1) is 0 Å². The summed E-state index contributed by atoms with van der Waals surface area (Å²) in [4.78, 5) is 154. The molecule has 0 spiro atoms. The molecule has 2 N–H and O–H groups in total. The first-order chi connectivity index (χ1) is 62.0. The van der Waals surface area contributed by atoms with Crippen molar-refractivity contribution in [1.29, 1.82) is 0 Å². The van der Waals surface area contributed by atoms with E-state index >= 15 is 0 Å². The van der Waals surface area contributed by atoms with Gasteiger partial charge in [0.05, 0.1) is 49.9 Å². The van der Waals surface area contributed by atoms with Gasteiger partial charge in [-0.3, -0.25) is 57.3 Å². The molecule has 6 aliphatic rings. The number of rotatable bonds is 28. The van der Waals surface area contributed by atoms with Gasteiger partial charge in [0.25, 0.3) is 11.1 Å². The molecule has 8 aromatic rings. The van der Waals surface area contributed by atoms with Crippen molar-refractivity contribution in [3.63, 3.8) is 0 Å². The molecule has 4 aromatic carbocycles. The van der Waals surface area contributed by atoms with Gasteiger partial charge in [-0.25, -0.2) is 19.0 Å². The Hall–Kier alpha value is -10.6. The number of nitrogens with zero attached hydrogens (tertiary/aromatic N) is 14. The quantitative estimate of drug-likeness (QED) is 0.0340. The Morgan fingerprint density at radius 3 is 1.19 bits per heavy atom. The summed E-state index contributed by atoms with van der Waals surface area (Å²) in [5.74, 6) is -1.70. The van der Waals surface area contributed by atoms with Crippen molar-refractivity contribution >= 4 is 91.4 Å². The highest BCUT2D eigenvalue weighted by molar-refractivity contribution is 5.91. The second-order valence-corrected chi connectivity index (χ2v) is 39.7. The van der Waals surface area contributed by atoms with Crippen LogP contribution in [0.5, 0.6) is 0 Å². The Kier molecular flexibility index (Phi) is 31.3. The van der Waals surface area contributed by atoms with Gasteiger partial charge in [0, 0.05) is 132 Å². The molecule has 4 aromatic heterocycles. The number of amides is 6. The lowest BCUT2D eigenvalue weighted by molar-refractivity contribution is -0.159. The number of piperidine rings is 4. The molecule has 704 valence electrons. The average Bonchev–Trinajstić information content (AvgIpc) is 0.910. The minimum atomic E-state index is -0.813. The Balaban J connectivity index is 0.000000222. The summed E-state index contributed by atoms with van der Waals surface area (Å²) < 4.78 is 29.1. The van der Waals surface area contributed by atoms with E-state index in [4.69, 9.17) is 24.0 Å². The average molecular weight is 1790 g/mol. The molecule has 6 amide bonds. The molecule has 10 heterocycles. The van der Waals surface area contributed by atoms with E-state index in [1.165, 1.54) is 0 Å². The van der Waals surface area contributed by atoms with Gasteiger partial charge in [0.2, 0.25) is 11.8 Å². The highest BCUT2D eigenvalue weighted by Crippen LogP contribution is 2.35. The van der Waals surface area contributed by atoms with Crippen LogP contribution in [0.3, 0.4) is 0 Å². The Morgan fingerprint density at radius 2 is 0.792 bits per heavy atom. The molecule has 0 unspecified atom stereocenters. The van der Waals surface area contributed by atoms with E-state index < -0.39 is 33.7 Å². The van der Waals surface area contributed by atoms with Crippen LogP contribution < -0.4 is 21.8 Å². The third-order valence-electron chi connectivity index (χ3n) is 29.2. The van der Waals surface area contributed by atoms with Crippen molar-refractivity contribution in [2.75, 3.05) is 119 Å². The van der Waals surface area contributed by atoms with Gasteiger partial charge in [-0.05, 0) is 268 Å². The van der Waals surface area contributed by atoms with E-state index in [9.17, 15) is 47.9 Å². The first kappa shape index (κ1) is 97.0. The summed E-state index contributed by atoms with van der Waals surface area (Å²) in [7, 11) is 4.33. The van der Waals surface area contributed by atoms with Crippen molar-refractivity contribution < 1.29 is 57.3 Å². The van der Waals surface area contributed by atoms with Gasteiger partial charge in [-0.2, -0.15) is 10.2 Å². The summed E-state index contributed by atoms with van der Waals surface area (Å²) in [6.45, 7) is 37.7. The fourth-order valence-electron chi connectivity index (χ4n) is 18.7. The fourth-order valence-corrected chi connectivity index (χ4v) is 18.7. The standard InChI is InChI=1S/2C50H70N8O7/c1-9-49(4,5)46(61)64-32-57-31-38-28-35(27-34(3)43(38)52-57)29-41(45(60)55-25-23-54(24-26-55)39-17-19-53(8)20-18-39)51-48(63)56-21-15-36(16-22-56)40-30-37-13-11-12-14-42(37)58(44(40)59)33-65-47(62)50(6,7)10-2;1-9-49(4,5)46(61)64-32-57-42-14-12-11-13-37(42)30-40(44(57)59)36-15-21-56(22-16-36)48(63)52-41(45(60)55-25-23-54(24-26-55)39-17-19-53(8)20-18-39)29-35-27-34(3)43-38(28-35)31-51-58(43)33-65-47(62)50(6,7)10-2/h11-14,27-28,30-31,36,39,41H,9-10,15-26,29,32-33H2,1-8H3,(H,51,63);11-14,27-28,30-31,36,39,41H,9-10,15-26,29,32-33H2,1-8H3,(H,52,63)/t2*41-/m11/s1. The van der Waals surface area contributed by atoms with Crippen LogP contribution in [-0.4, -0.2) is 259 Å². The summed E-state index contributed by atoms with van der Waals surface area (Å²) >= 11 is 0. The van der Waals surface area contributed by atoms with Crippen LogP contribution in [0.2, 0.25) is 0 Å². The maximum Gasteiger partial charge on any atom is 0.318 e. The van der Waals surface area contributed by atoms with E-state index in [2.05, 4.69) is 49.4 Å². The molecule has 30 nitrogen and oxygen atoms in total. The second kappa shape index (κ2) is 41.9. The van der Waals surface area contributed by atoms with Crippen molar-refractivity contribution in [3.8, 4) is 0 Å². The van der Waals surface area contributed by atoms with Crippen LogP contribution in [0.25, 0.3) is 43.6 Å². The van der Waals surface area contributed by atoms with Crippen molar-refractivity contribution in [2.24, 2.45) is 21.7 Å². The zero-order chi connectivity index (χ0) is 93.3. The Labute approximate surface area is 764 Å². The number of hydrogen-bond acceptors (Lipinski definition) is 20. The zero-order valence-electron chi connectivity index (χ0n) is 79.7. The van der Waals surface area contributed by atoms with Crippen LogP contribution in [0.4, 0.5) is 9.59 Å². The number of fused-ring (bicyclic) bond motifs is 4. The van der Waals surface area contributed by atoms with E-state index in [1.807, 2.05) is 198 Å². The van der Waals surface area contributed by atoms with Crippen molar-refractivity contribution in [3.05, 3.63) is 151 Å². The number of nitrogens with one attached hydrogen (secondary N) is 2. The number of pyridine rings is 2. The van der Waals surface area contributed by atoms with Crippen LogP contribution in [0.1, 0.15) is 205 Å². The van der Waals surface area contributed by atoms with E-state index in [0.717, 1.165) is 133 Å². The van der Waals surface area contributed by atoms with Gasteiger partial charge in [0.1, 0.15) is 12.1 Å². The lowest BCUT2D eigenvalue weighted by Crippen LogP contribution is -2.59. The number of piperazine rings is 2. The number of ether oxygens (including phenoxy) is 4. The predicted octanol–water partition coefficient (Wildman–Crippen LogP) is 12.5. The largest absolute Gasteiger partial charge is 0.443 e. The lowest BCUT2D eigenvalue weighted by Gasteiger charge is -2.43. The van der Waals surface area contributed by atoms with E-state index in [-0.39, 0.29) is 110 Å². The third-order valence-corrected chi connectivity index (χ3v) is 29.2. The molecule has 0 aliphatic carbocycles. The first-order valence-corrected chi connectivity index (χ1v) is 47.4. The predicted molar refractivity (Wildman–Crippen MR) is 502 cm³/mol. The molecule has 0 saturated carbocycles. The van der Waals surface area contributed by atoms with Gasteiger partial charge in [-0.1, -0.05) is 76.2 Å². The molecule has 0 bridgehead atoms. The van der Waals surface area contributed by atoms with Gasteiger partial charge < -0.3 is 59.0 Å². The topological polar surface area (TPSA) is 303 Å². The second-order valence-electron chi connectivity index (χ2n) is 39.7. The van der Waals surface area contributed by atoms with Crippen LogP contribution in [0, 0.1) is 35.5 Å². The summed E-state index contributed by atoms with van der Waals surface area (Å²) in [6, 6.07) is 25.9. The number of likely N-dealkylation sites (tertiary alicyclic amines) is 4. The van der Waals surface area contributed by atoms with E-state index in [0.29, 0.717) is 138 Å². The van der Waals surface area contributed by atoms with Crippen molar-refractivity contribution in [1.82, 2.24) is 78.5 Å². The molecular weight excluding hydrogens is 1650 g/mol. The molecular formula is C100H140N16O14. The molecule has 0 radical (unpaired) electrons. The number of benzene rings is 4. The number of para-hydroxylation sites is 2. The molecule has 30 heteroatoms. The molecule has 14 rings (SSSR count). The maximum absolute atomic E-state index is 14.6. The monoisotopic (exact) mass is 1790 g/mol. The number of aryl methyl sites for hydroxylation is 2. The smallest absolute Gasteiger partial charge is 0.318 e. The Morgan fingerprint density at radius 1 is 0.423 bits per heavy atom. The number of hydrogen-bond donors (Lipinski definition) is 2. The number of carbonyl (C=O) groups excluding carboxylic acids is 8. The molecule has 130 heavy (non-hydrogen) atoms. The minimum absolute atomic E-state index is 0.00665. The third kappa shape index (κ3) is 22.8. The van der Waals surface area contributed by atoms with E-state index in [1.54, 1.807) is 34.5 Å². The number of aromatic nitrogens is 6. The highest BCUT2D eigenvalue weighted by Gasteiger charge is 2.40. The van der Waals surface area contributed by atoms with Crippen molar-refractivity contribution in [2.45, 2.75) is 250 Å². The Bertz CT molecular complexity index is 5270. The minimum Gasteiger partial charge on any atom is -0.443 e. The SMILES string of the molecule is CCC(C)(C)C(=O)OCn1cc2cc(C[C@@H](NC(=O)N3CCC(c4cc5ccccc5n(COC(=O)C(C)(C)CC)c4=O)CC3)C(=O)N3CCN(C4CCN(C)CC4)CC3)cc(C)c2n1.CCC(C)(C)C(=O)OCn1ncc2cc(C[C@@H](NC(=O)N3CCC(c4cc5ccccc5n(COC(=O)C(C)(C)CC)c4=O)CC3)C(=O)N3CCN(C4CCN(C)CC4)CC3)cc(C)c21. The molecule has 6 fully saturated rings.